The summed E-state index contributed by atoms with van der Waals surface area (Å²) in [5, 5.41) is 6.41. The first kappa shape index (κ1) is 23.0. The Hall–Kier alpha value is -2.27. The van der Waals surface area contributed by atoms with Crippen LogP contribution in [0.5, 0.6) is 17.2 Å². The van der Waals surface area contributed by atoms with Crippen LogP contribution in [0.2, 0.25) is 0 Å². The SMILES string of the molecule is CN=C(NCCc1cc(F)cc2c1OCOC2)Nc1ccc(OC)c(OC)c1.I. The summed E-state index contributed by atoms with van der Waals surface area (Å²) in [5.41, 5.74) is 2.33. The Labute approximate surface area is 186 Å². The second-order valence-electron chi connectivity index (χ2n) is 6.11. The predicted molar refractivity (Wildman–Crippen MR) is 120 cm³/mol. The van der Waals surface area contributed by atoms with Gasteiger partial charge in [0.15, 0.2) is 24.3 Å². The van der Waals surface area contributed by atoms with Gasteiger partial charge in [-0.15, -0.1) is 24.0 Å². The lowest BCUT2D eigenvalue weighted by atomic mass is 10.1. The van der Waals surface area contributed by atoms with Crippen LogP contribution in [0.1, 0.15) is 11.1 Å². The van der Waals surface area contributed by atoms with Crippen LogP contribution in [-0.4, -0.2) is 40.6 Å². The summed E-state index contributed by atoms with van der Waals surface area (Å²) in [6.45, 7) is 1.09. The van der Waals surface area contributed by atoms with E-state index in [9.17, 15) is 4.39 Å². The number of hydrogen-bond acceptors (Lipinski definition) is 5. The van der Waals surface area contributed by atoms with Crippen LogP contribution in [0.3, 0.4) is 0 Å². The fourth-order valence-corrected chi connectivity index (χ4v) is 2.99. The van der Waals surface area contributed by atoms with Crippen molar-refractivity contribution in [3.8, 4) is 17.2 Å². The van der Waals surface area contributed by atoms with Crippen LogP contribution in [0, 0.1) is 5.82 Å². The highest BCUT2D eigenvalue weighted by atomic mass is 127. The number of halogens is 2. The molecule has 2 aromatic carbocycles. The molecule has 0 amide bonds. The van der Waals surface area contributed by atoms with Gasteiger partial charge in [0.2, 0.25) is 0 Å². The molecule has 9 heteroatoms. The molecule has 1 aliphatic heterocycles. The molecule has 0 radical (unpaired) electrons. The fourth-order valence-electron chi connectivity index (χ4n) is 2.99. The molecule has 0 atom stereocenters. The molecule has 0 fully saturated rings. The zero-order valence-corrected chi connectivity index (χ0v) is 18.9. The third kappa shape index (κ3) is 5.86. The van der Waals surface area contributed by atoms with Crippen molar-refractivity contribution in [2.24, 2.45) is 4.99 Å². The quantitative estimate of drug-likeness (QED) is 0.347. The molecule has 0 saturated heterocycles. The first-order valence-electron chi connectivity index (χ1n) is 8.86. The molecule has 0 unspecified atom stereocenters. The summed E-state index contributed by atoms with van der Waals surface area (Å²) < 4.78 is 35.2. The zero-order chi connectivity index (χ0) is 19.9. The standard InChI is InChI=1S/C20H24FN3O4.HI/c1-22-20(24-16-4-5-17(25-2)18(10-16)26-3)23-7-6-13-8-15(21)9-14-11-27-12-28-19(13)14;/h4-5,8-10H,6-7,11-12H2,1-3H3,(H2,22,23,24);1H. The van der Waals surface area contributed by atoms with Gasteiger partial charge in [0.25, 0.3) is 0 Å². The van der Waals surface area contributed by atoms with E-state index in [4.69, 9.17) is 18.9 Å². The number of ether oxygens (including phenoxy) is 4. The highest BCUT2D eigenvalue weighted by Crippen LogP contribution is 2.30. The van der Waals surface area contributed by atoms with Gasteiger partial charge in [-0.25, -0.2) is 4.39 Å². The van der Waals surface area contributed by atoms with Crippen LogP contribution in [-0.2, 0) is 17.8 Å². The van der Waals surface area contributed by atoms with E-state index in [0.29, 0.717) is 42.8 Å². The normalized spacial score (nSPS) is 12.9. The maximum Gasteiger partial charge on any atom is 0.195 e. The predicted octanol–water partition coefficient (Wildman–Crippen LogP) is 3.56. The molecule has 2 aromatic rings. The van der Waals surface area contributed by atoms with Gasteiger partial charge in [-0.1, -0.05) is 0 Å². The lowest BCUT2D eigenvalue weighted by Crippen LogP contribution is -2.32. The van der Waals surface area contributed by atoms with Crippen LogP contribution in [0.25, 0.3) is 0 Å². The third-order valence-corrected chi connectivity index (χ3v) is 4.31. The molecular weight excluding hydrogens is 492 g/mol. The molecule has 7 nitrogen and oxygen atoms in total. The van der Waals surface area contributed by atoms with Gasteiger partial charge >= 0.3 is 0 Å². The molecule has 0 bridgehead atoms. The Morgan fingerprint density at radius 3 is 2.69 bits per heavy atom. The average molecular weight is 517 g/mol. The maximum atomic E-state index is 13.8. The van der Waals surface area contributed by atoms with Crippen molar-refractivity contribution in [2.45, 2.75) is 13.0 Å². The van der Waals surface area contributed by atoms with Crippen molar-refractivity contribution in [3.63, 3.8) is 0 Å². The van der Waals surface area contributed by atoms with Crippen LogP contribution in [0.15, 0.2) is 35.3 Å². The van der Waals surface area contributed by atoms with Crippen LogP contribution >= 0.6 is 24.0 Å². The first-order valence-corrected chi connectivity index (χ1v) is 8.86. The minimum atomic E-state index is -0.296. The van der Waals surface area contributed by atoms with E-state index in [1.54, 1.807) is 21.3 Å². The average Bonchev–Trinajstić information content (AvgIpc) is 2.72. The number of anilines is 1. The summed E-state index contributed by atoms with van der Waals surface area (Å²) in [4.78, 5) is 4.21. The fraction of sp³-hybridized carbons (Fsp3) is 0.350. The Kier molecular flexibility index (Phi) is 8.77. The van der Waals surface area contributed by atoms with Gasteiger partial charge in [-0.3, -0.25) is 4.99 Å². The van der Waals surface area contributed by atoms with Crippen molar-refractivity contribution < 1.29 is 23.3 Å². The summed E-state index contributed by atoms with van der Waals surface area (Å²) in [5.74, 6) is 2.26. The number of nitrogens with one attached hydrogen (secondary N) is 2. The largest absolute Gasteiger partial charge is 0.493 e. The van der Waals surface area contributed by atoms with E-state index < -0.39 is 0 Å². The second-order valence-corrected chi connectivity index (χ2v) is 6.11. The topological polar surface area (TPSA) is 73.3 Å². The Bertz CT molecular complexity index is 864. The lowest BCUT2D eigenvalue weighted by Gasteiger charge is -2.21. The summed E-state index contributed by atoms with van der Waals surface area (Å²) in [6.07, 6.45) is 0.576. The molecule has 1 heterocycles. The van der Waals surface area contributed by atoms with Crippen molar-refractivity contribution in [2.75, 3.05) is 39.9 Å². The number of nitrogens with zero attached hydrogens (tertiary/aromatic N) is 1. The zero-order valence-electron chi connectivity index (χ0n) is 16.6. The van der Waals surface area contributed by atoms with Crippen LogP contribution < -0.4 is 24.8 Å². The molecule has 3 rings (SSSR count). The molecular formula is C20H25FIN3O4. The van der Waals surface area contributed by atoms with E-state index in [1.807, 2.05) is 18.2 Å². The highest BCUT2D eigenvalue weighted by molar-refractivity contribution is 14.0. The van der Waals surface area contributed by atoms with Gasteiger partial charge in [0, 0.05) is 30.9 Å². The molecule has 1 aliphatic rings. The van der Waals surface area contributed by atoms with Gasteiger partial charge in [-0.2, -0.15) is 0 Å². The third-order valence-electron chi connectivity index (χ3n) is 4.31. The van der Waals surface area contributed by atoms with Gasteiger partial charge < -0.3 is 29.6 Å². The van der Waals surface area contributed by atoms with Gasteiger partial charge in [0.05, 0.1) is 20.8 Å². The molecule has 2 N–H and O–H groups in total. The summed E-state index contributed by atoms with van der Waals surface area (Å²) in [6, 6.07) is 8.44. The van der Waals surface area contributed by atoms with Crippen LogP contribution in [0.4, 0.5) is 10.1 Å². The first-order chi connectivity index (χ1) is 13.6. The minimum absolute atomic E-state index is 0. The number of methoxy groups -OCH3 is 2. The number of benzene rings is 2. The van der Waals surface area contributed by atoms with Crippen molar-refractivity contribution in [3.05, 3.63) is 47.3 Å². The van der Waals surface area contributed by atoms with Gasteiger partial charge in [0.1, 0.15) is 11.6 Å². The van der Waals surface area contributed by atoms with E-state index in [0.717, 1.165) is 16.8 Å². The molecule has 0 aliphatic carbocycles. The number of aliphatic imine (C=N–C) groups is 1. The minimum Gasteiger partial charge on any atom is -0.493 e. The van der Waals surface area contributed by atoms with Gasteiger partial charge in [-0.05, 0) is 36.2 Å². The Morgan fingerprint density at radius 1 is 1.17 bits per heavy atom. The number of fused-ring (bicyclic) bond motifs is 1. The van der Waals surface area contributed by atoms with Crippen molar-refractivity contribution in [1.82, 2.24) is 5.32 Å². The van der Waals surface area contributed by atoms with E-state index >= 15 is 0 Å². The molecule has 29 heavy (non-hydrogen) atoms. The number of rotatable bonds is 6. The van der Waals surface area contributed by atoms with E-state index in [2.05, 4.69) is 15.6 Å². The number of hydrogen-bond donors (Lipinski definition) is 2. The molecule has 0 spiro atoms. The Morgan fingerprint density at radius 2 is 1.97 bits per heavy atom. The highest BCUT2D eigenvalue weighted by Gasteiger charge is 2.17. The van der Waals surface area contributed by atoms with Crippen molar-refractivity contribution in [1.29, 1.82) is 0 Å². The lowest BCUT2D eigenvalue weighted by molar-refractivity contribution is -0.0172. The Balaban J connectivity index is 0.00000300. The van der Waals surface area contributed by atoms with Crippen molar-refractivity contribution >= 4 is 35.6 Å². The number of guanidine groups is 1. The smallest absolute Gasteiger partial charge is 0.195 e. The maximum absolute atomic E-state index is 13.8. The van der Waals surface area contributed by atoms with E-state index in [-0.39, 0.29) is 36.6 Å². The summed E-state index contributed by atoms with van der Waals surface area (Å²) in [7, 11) is 4.86. The molecule has 158 valence electrons. The molecule has 0 aromatic heterocycles. The summed E-state index contributed by atoms with van der Waals surface area (Å²) >= 11 is 0. The monoisotopic (exact) mass is 517 g/mol. The second kappa shape index (κ2) is 11.1. The van der Waals surface area contributed by atoms with E-state index in [1.165, 1.54) is 12.1 Å². The molecule has 0 saturated carbocycles.